The number of benzene rings is 1. The number of nitrogens with zero attached hydrogens (tertiary/aromatic N) is 3. The fourth-order valence-electron chi connectivity index (χ4n) is 4.21. The highest BCUT2D eigenvalue weighted by molar-refractivity contribution is 5.97. The summed E-state index contributed by atoms with van der Waals surface area (Å²) in [6.07, 6.45) is -8.49. The zero-order valence-electron chi connectivity index (χ0n) is 16.3. The van der Waals surface area contributed by atoms with Gasteiger partial charge in [-0.15, -0.1) is 0 Å². The molecule has 2 aliphatic heterocycles. The fourth-order valence-corrected chi connectivity index (χ4v) is 4.21. The Morgan fingerprint density at radius 1 is 1.22 bits per heavy atom. The highest BCUT2D eigenvalue weighted by atomic mass is 19.4. The fraction of sp³-hybridized carbons (Fsp3) is 0.350. The van der Waals surface area contributed by atoms with Gasteiger partial charge in [0, 0.05) is 23.7 Å². The van der Waals surface area contributed by atoms with Gasteiger partial charge >= 0.3 is 12.3 Å². The Kier molecular flexibility index (Phi) is 4.77. The third-order valence-corrected chi connectivity index (χ3v) is 5.61. The van der Waals surface area contributed by atoms with Crippen LogP contribution in [0.1, 0.15) is 24.1 Å². The van der Waals surface area contributed by atoms with Crippen molar-refractivity contribution >= 4 is 22.8 Å². The maximum absolute atomic E-state index is 14.7. The third kappa shape index (κ3) is 3.34. The monoisotopic (exact) mass is 453 g/mol. The number of nitrogens with one attached hydrogen (secondary N) is 2. The maximum atomic E-state index is 14.7. The molecular formula is C20H16F5N5O2. The molecule has 1 aromatic carbocycles. The number of carbonyl (C=O) groups is 1. The summed E-state index contributed by atoms with van der Waals surface area (Å²) in [5.41, 5.74) is -0.0998. The number of aromatic nitrogens is 3. The first kappa shape index (κ1) is 20.6. The summed E-state index contributed by atoms with van der Waals surface area (Å²) in [6, 6.07) is 4.35. The number of piperidine rings is 1. The van der Waals surface area contributed by atoms with E-state index in [0.29, 0.717) is 18.5 Å². The van der Waals surface area contributed by atoms with Crippen LogP contribution in [0, 0.1) is 5.82 Å². The number of anilines is 1. The number of amides is 1. The number of rotatable bonds is 2. The van der Waals surface area contributed by atoms with E-state index in [9.17, 15) is 26.7 Å². The number of carbonyl (C=O) groups excluding carboxylic acids is 1. The molecule has 0 aliphatic carbocycles. The van der Waals surface area contributed by atoms with Crippen molar-refractivity contribution in [2.45, 2.75) is 30.9 Å². The van der Waals surface area contributed by atoms with Crippen LogP contribution >= 0.6 is 0 Å². The molecule has 3 aromatic rings. The summed E-state index contributed by atoms with van der Waals surface area (Å²) in [7, 11) is 0. The Morgan fingerprint density at radius 3 is 2.78 bits per heavy atom. The quantitative estimate of drug-likeness (QED) is 0.567. The van der Waals surface area contributed by atoms with Gasteiger partial charge in [-0.05, 0) is 37.2 Å². The van der Waals surface area contributed by atoms with Crippen molar-refractivity contribution in [1.82, 2.24) is 20.1 Å². The van der Waals surface area contributed by atoms with Crippen LogP contribution in [0.5, 0.6) is 0 Å². The molecular weight excluding hydrogens is 437 g/mol. The van der Waals surface area contributed by atoms with Crippen LogP contribution in [0.2, 0.25) is 0 Å². The van der Waals surface area contributed by atoms with Gasteiger partial charge < -0.3 is 10.1 Å². The van der Waals surface area contributed by atoms with E-state index in [1.54, 1.807) is 0 Å². The molecule has 0 spiro atoms. The number of cyclic esters (lactones) is 1. The topological polar surface area (TPSA) is 81.1 Å². The molecule has 1 amide bonds. The molecule has 0 bridgehead atoms. The molecule has 7 nitrogen and oxygen atoms in total. The number of hydrogen-bond donors (Lipinski definition) is 2. The molecule has 0 unspecified atom stereocenters. The van der Waals surface area contributed by atoms with Crippen molar-refractivity contribution in [1.29, 1.82) is 0 Å². The lowest BCUT2D eigenvalue weighted by Crippen LogP contribution is -2.39. The standard InChI is InChI=1S/C20H16F5N5O2/c21-9-1-2-13-11(7-9)16(29-30(13)14-4-5-26-8-12(14)22)10-3-6-27-18-15(10)17(20(23,24)25)32-19(31)28-18/h1-3,6-7,12,14,17,26H,4-5,8H2,(H,27,28,31)/t12-,14+,17-/m1/s1. The molecule has 3 atom stereocenters. The van der Waals surface area contributed by atoms with Crippen LogP contribution in [-0.4, -0.2) is 46.3 Å². The van der Waals surface area contributed by atoms with E-state index in [4.69, 9.17) is 0 Å². The second kappa shape index (κ2) is 7.40. The third-order valence-electron chi connectivity index (χ3n) is 5.61. The Hall–Kier alpha value is -3.28. The van der Waals surface area contributed by atoms with Gasteiger partial charge in [-0.2, -0.15) is 18.3 Å². The van der Waals surface area contributed by atoms with Crippen LogP contribution in [0.15, 0.2) is 30.5 Å². The second-order valence-corrected chi connectivity index (χ2v) is 7.60. The Bertz CT molecular complexity index is 1210. The zero-order valence-corrected chi connectivity index (χ0v) is 16.3. The van der Waals surface area contributed by atoms with Crippen molar-refractivity contribution < 1.29 is 31.5 Å². The predicted molar refractivity (Wildman–Crippen MR) is 103 cm³/mol. The Labute approximate surface area is 177 Å². The summed E-state index contributed by atoms with van der Waals surface area (Å²) in [5.74, 6) is -0.953. The van der Waals surface area contributed by atoms with E-state index in [2.05, 4.69) is 25.5 Å². The SMILES string of the molecule is O=C1Nc2nccc(-c3nn([C@H]4CCNC[C@H]4F)c4ccc(F)cc34)c2[C@H](C(F)(F)F)O1. The van der Waals surface area contributed by atoms with E-state index >= 15 is 0 Å². The lowest BCUT2D eigenvalue weighted by molar-refractivity contribution is -0.206. The van der Waals surface area contributed by atoms with Crippen LogP contribution in [0.4, 0.5) is 32.6 Å². The molecule has 1 saturated heterocycles. The van der Waals surface area contributed by atoms with Crippen molar-refractivity contribution in [3.63, 3.8) is 0 Å². The smallest absolute Gasteiger partial charge is 0.430 e. The summed E-state index contributed by atoms with van der Waals surface area (Å²) < 4.78 is 75.9. The minimum Gasteiger partial charge on any atom is -0.431 e. The molecule has 12 heteroatoms. The summed E-state index contributed by atoms with van der Waals surface area (Å²) >= 11 is 0. The lowest BCUT2D eigenvalue weighted by Gasteiger charge is -2.28. The van der Waals surface area contributed by atoms with E-state index in [-0.39, 0.29) is 29.0 Å². The zero-order chi connectivity index (χ0) is 22.6. The summed E-state index contributed by atoms with van der Waals surface area (Å²) in [4.78, 5) is 15.5. The molecule has 2 aromatic heterocycles. The molecule has 2 N–H and O–H groups in total. The molecule has 32 heavy (non-hydrogen) atoms. The van der Waals surface area contributed by atoms with Crippen LogP contribution in [0.3, 0.4) is 0 Å². The summed E-state index contributed by atoms with van der Waals surface area (Å²) in [5, 5.41) is 9.74. The molecule has 5 rings (SSSR count). The van der Waals surface area contributed by atoms with Gasteiger partial charge in [0.05, 0.1) is 17.1 Å². The van der Waals surface area contributed by atoms with Crippen LogP contribution in [0.25, 0.3) is 22.2 Å². The van der Waals surface area contributed by atoms with Crippen LogP contribution < -0.4 is 10.6 Å². The normalized spacial score (nSPS) is 23.5. The Morgan fingerprint density at radius 2 is 2.03 bits per heavy atom. The number of ether oxygens (including phenoxy) is 1. The first-order valence-electron chi connectivity index (χ1n) is 9.80. The second-order valence-electron chi connectivity index (χ2n) is 7.60. The molecule has 4 heterocycles. The lowest BCUT2D eigenvalue weighted by atomic mass is 9.97. The molecule has 1 fully saturated rings. The maximum Gasteiger partial charge on any atom is 0.430 e. The van der Waals surface area contributed by atoms with Gasteiger partial charge in [-0.3, -0.25) is 10.00 Å². The van der Waals surface area contributed by atoms with Gasteiger partial charge in [0.1, 0.15) is 23.5 Å². The Balaban J connectivity index is 1.76. The minimum absolute atomic E-state index is 0.0119. The largest absolute Gasteiger partial charge is 0.431 e. The molecule has 0 saturated carbocycles. The van der Waals surface area contributed by atoms with E-state index < -0.39 is 42.0 Å². The molecule has 2 aliphatic rings. The first-order chi connectivity index (χ1) is 15.2. The van der Waals surface area contributed by atoms with Gasteiger partial charge in [0.25, 0.3) is 0 Å². The van der Waals surface area contributed by atoms with E-state index in [0.717, 1.165) is 6.07 Å². The van der Waals surface area contributed by atoms with Gasteiger partial charge in [0.2, 0.25) is 6.10 Å². The van der Waals surface area contributed by atoms with Crippen molar-refractivity contribution in [3.8, 4) is 11.3 Å². The average molecular weight is 453 g/mol. The molecule has 0 radical (unpaired) electrons. The number of hydrogen-bond acceptors (Lipinski definition) is 5. The van der Waals surface area contributed by atoms with Gasteiger partial charge in [-0.1, -0.05) is 0 Å². The van der Waals surface area contributed by atoms with E-state index in [1.165, 1.54) is 29.1 Å². The number of alkyl halides is 4. The minimum atomic E-state index is -4.92. The summed E-state index contributed by atoms with van der Waals surface area (Å²) in [6.45, 7) is 0.632. The number of pyridine rings is 1. The van der Waals surface area contributed by atoms with Gasteiger partial charge in [0.15, 0.2) is 0 Å². The number of fused-ring (bicyclic) bond motifs is 2. The highest BCUT2D eigenvalue weighted by Gasteiger charge is 2.49. The van der Waals surface area contributed by atoms with Crippen molar-refractivity contribution in [2.24, 2.45) is 0 Å². The van der Waals surface area contributed by atoms with E-state index in [1.807, 2.05) is 0 Å². The van der Waals surface area contributed by atoms with Crippen molar-refractivity contribution in [3.05, 3.63) is 41.8 Å². The average Bonchev–Trinajstić information content (AvgIpc) is 3.10. The first-order valence-corrected chi connectivity index (χ1v) is 9.80. The van der Waals surface area contributed by atoms with Crippen LogP contribution in [-0.2, 0) is 4.74 Å². The molecule has 168 valence electrons. The van der Waals surface area contributed by atoms with Gasteiger partial charge in [-0.25, -0.2) is 18.6 Å². The predicted octanol–water partition coefficient (Wildman–Crippen LogP) is 4.28. The number of halogens is 5. The van der Waals surface area contributed by atoms with Crippen molar-refractivity contribution in [2.75, 3.05) is 18.4 Å². The highest BCUT2D eigenvalue weighted by Crippen LogP contribution is 2.46.